The molecule has 2 N–H and O–H groups in total. The van der Waals surface area contributed by atoms with Crippen LogP contribution in [-0.4, -0.2) is 40.3 Å². The van der Waals surface area contributed by atoms with Crippen LogP contribution in [0.15, 0.2) is 36.4 Å². The first-order valence-corrected chi connectivity index (χ1v) is 11.1. The highest BCUT2D eigenvalue weighted by Crippen LogP contribution is 2.45. The van der Waals surface area contributed by atoms with Gasteiger partial charge in [0.1, 0.15) is 11.4 Å². The molecule has 0 saturated carbocycles. The highest BCUT2D eigenvalue weighted by molar-refractivity contribution is 6.30. The molecule has 0 unspecified atom stereocenters. The van der Waals surface area contributed by atoms with E-state index in [0.29, 0.717) is 18.0 Å². The van der Waals surface area contributed by atoms with Crippen molar-refractivity contribution in [3.63, 3.8) is 0 Å². The fourth-order valence-electron chi connectivity index (χ4n) is 5.21. The Morgan fingerprint density at radius 2 is 1.90 bits per heavy atom. The van der Waals surface area contributed by atoms with Crippen molar-refractivity contribution in [3.8, 4) is 5.75 Å². The minimum Gasteiger partial charge on any atom is -0.487 e. The maximum absolute atomic E-state index is 10.8. The van der Waals surface area contributed by atoms with Crippen LogP contribution < -0.4 is 4.74 Å². The molecule has 2 aliphatic heterocycles. The van der Waals surface area contributed by atoms with E-state index in [0.717, 1.165) is 49.2 Å². The highest BCUT2D eigenvalue weighted by atomic mass is 35.5. The minimum absolute atomic E-state index is 0.324. The summed E-state index contributed by atoms with van der Waals surface area (Å²) in [7, 11) is 0. The first kappa shape index (κ1) is 19.4. The van der Waals surface area contributed by atoms with Gasteiger partial charge in [-0.25, -0.2) is 0 Å². The van der Waals surface area contributed by atoms with Crippen LogP contribution in [0.25, 0.3) is 0 Å². The van der Waals surface area contributed by atoms with E-state index in [1.54, 1.807) is 6.07 Å². The summed E-state index contributed by atoms with van der Waals surface area (Å²) in [5.41, 5.74) is 4.34. The molecule has 0 bridgehead atoms. The van der Waals surface area contributed by atoms with Gasteiger partial charge in [-0.2, -0.15) is 0 Å². The molecule has 1 spiro atoms. The lowest BCUT2D eigenvalue weighted by atomic mass is 9.81. The van der Waals surface area contributed by atoms with Gasteiger partial charge < -0.3 is 19.8 Å². The molecule has 4 nitrogen and oxygen atoms in total. The molecule has 5 heteroatoms. The molecule has 2 aromatic carbocycles. The van der Waals surface area contributed by atoms with Gasteiger partial charge in [-0.1, -0.05) is 29.8 Å². The maximum Gasteiger partial charge on any atom is 0.126 e. The lowest BCUT2D eigenvalue weighted by Gasteiger charge is -2.46. The van der Waals surface area contributed by atoms with E-state index in [1.807, 2.05) is 12.1 Å². The third kappa shape index (κ3) is 3.79. The van der Waals surface area contributed by atoms with Crippen LogP contribution in [0.4, 0.5) is 0 Å². The lowest BCUT2D eigenvalue weighted by molar-refractivity contribution is -0.0587. The number of hydrogen-bond acceptors (Lipinski definition) is 4. The Hall–Kier alpha value is -1.59. The molecule has 1 saturated heterocycles. The smallest absolute Gasteiger partial charge is 0.126 e. The molecular formula is C24H28ClNO3. The number of ether oxygens (including phenoxy) is 1. The second kappa shape index (κ2) is 7.59. The molecule has 2 aromatic rings. The Bertz CT molecular complexity index is 907. The van der Waals surface area contributed by atoms with Crippen LogP contribution in [0.1, 0.15) is 60.1 Å². The monoisotopic (exact) mass is 413 g/mol. The van der Waals surface area contributed by atoms with Gasteiger partial charge in [0.05, 0.1) is 12.2 Å². The number of hydrogen-bond donors (Lipinski definition) is 2. The number of nitrogens with zero attached hydrogens (tertiary/aromatic N) is 1. The highest BCUT2D eigenvalue weighted by Gasteiger charge is 2.43. The number of likely N-dealkylation sites (tertiary alicyclic amines) is 1. The third-order valence-electron chi connectivity index (χ3n) is 6.93. The summed E-state index contributed by atoms with van der Waals surface area (Å²) in [6, 6.07) is 12.0. The van der Waals surface area contributed by atoms with Crippen LogP contribution >= 0.6 is 11.6 Å². The topological polar surface area (TPSA) is 52.9 Å². The first-order valence-electron chi connectivity index (χ1n) is 10.7. The summed E-state index contributed by atoms with van der Waals surface area (Å²) in [5, 5.41) is 22.0. The van der Waals surface area contributed by atoms with E-state index in [1.165, 1.54) is 24.0 Å². The van der Waals surface area contributed by atoms with E-state index < -0.39 is 12.2 Å². The molecule has 29 heavy (non-hydrogen) atoms. The van der Waals surface area contributed by atoms with Crippen LogP contribution in [0.2, 0.25) is 5.02 Å². The van der Waals surface area contributed by atoms with E-state index in [9.17, 15) is 10.2 Å². The van der Waals surface area contributed by atoms with Crippen molar-refractivity contribution in [2.45, 2.75) is 56.3 Å². The Morgan fingerprint density at radius 3 is 2.72 bits per heavy atom. The molecular weight excluding hydrogens is 386 g/mol. The molecule has 0 amide bonds. The van der Waals surface area contributed by atoms with Crippen LogP contribution in [0.3, 0.4) is 0 Å². The first-order chi connectivity index (χ1) is 14.0. The molecule has 0 radical (unpaired) electrons. The number of β-amino-alcohol motifs (C(OH)–C–C–N with tert-alkyl or cyclic N) is 1. The van der Waals surface area contributed by atoms with Crippen molar-refractivity contribution in [2.24, 2.45) is 0 Å². The minimum atomic E-state index is -0.541. The summed E-state index contributed by atoms with van der Waals surface area (Å²) in [6.07, 6.45) is 4.82. The number of aliphatic hydroxyl groups is 2. The SMILES string of the molecule is O[C@H](CN1CCC2(CC1)C[C@H](O)c1cc(Cl)ccc1O2)c1ccc2c(c1)CCC2. The van der Waals surface area contributed by atoms with Crippen LogP contribution in [0.5, 0.6) is 5.75 Å². The zero-order valence-corrected chi connectivity index (χ0v) is 17.4. The summed E-state index contributed by atoms with van der Waals surface area (Å²) in [6.45, 7) is 2.36. The van der Waals surface area contributed by atoms with Crippen molar-refractivity contribution >= 4 is 11.6 Å². The predicted molar refractivity (Wildman–Crippen MR) is 113 cm³/mol. The van der Waals surface area contributed by atoms with Gasteiger partial charge in [0.15, 0.2) is 0 Å². The van der Waals surface area contributed by atoms with Crippen molar-refractivity contribution in [2.75, 3.05) is 19.6 Å². The molecule has 1 fully saturated rings. The fraction of sp³-hybridized carbons (Fsp3) is 0.500. The average molecular weight is 414 g/mol. The number of halogens is 1. The summed E-state index contributed by atoms with van der Waals surface area (Å²) < 4.78 is 6.37. The van der Waals surface area contributed by atoms with E-state index >= 15 is 0 Å². The molecule has 154 valence electrons. The summed E-state index contributed by atoms with van der Waals surface area (Å²) >= 11 is 6.07. The number of piperidine rings is 1. The van der Waals surface area contributed by atoms with E-state index in [4.69, 9.17) is 16.3 Å². The zero-order chi connectivity index (χ0) is 20.0. The second-order valence-corrected chi connectivity index (χ2v) is 9.32. The average Bonchev–Trinajstić information content (AvgIpc) is 3.18. The van der Waals surface area contributed by atoms with Gasteiger partial charge >= 0.3 is 0 Å². The third-order valence-corrected chi connectivity index (χ3v) is 7.16. The normalized spacial score (nSPS) is 24.0. The zero-order valence-electron chi connectivity index (χ0n) is 16.6. The van der Waals surface area contributed by atoms with Crippen LogP contribution in [0, 0.1) is 0 Å². The fourth-order valence-corrected chi connectivity index (χ4v) is 5.39. The molecule has 2 atom stereocenters. The number of fused-ring (bicyclic) bond motifs is 2. The molecule has 0 aromatic heterocycles. The van der Waals surface area contributed by atoms with Gasteiger partial charge in [0.2, 0.25) is 0 Å². The molecule has 5 rings (SSSR count). The van der Waals surface area contributed by atoms with Crippen molar-refractivity contribution < 1.29 is 14.9 Å². The standard InChI is InChI=1S/C24H28ClNO3/c25-19-6-7-23-20(13-19)21(27)14-24(29-23)8-10-26(11-9-24)15-22(28)18-5-4-16-2-1-3-17(16)12-18/h4-7,12-13,21-22,27-28H,1-3,8-11,14-15H2/t21-,22+/m0/s1. The van der Waals surface area contributed by atoms with Crippen molar-refractivity contribution in [1.29, 1.82) is 0 Å². The molecule has 2 heterocycles. The maximum atomic E-state index is 10.8. The Morgan fingerprint density at radius 1 is 1.10 bits per heavy atom. The number of aliphatic hydroxyl groups excluding tert-OH is 2. The number of benzene rings is 2. The van der Waals surface area contributed by atoms with Gasteiger partial charge in [-0.05, 0) is 67.0 Å². The quantitative estimate of drug-likeness (QED) is 0.791. The number of aryl methyl sites for hydroxylation is 2. The Balaban J connectivity index is 1.22. The summed E-state index contributed by atoms with van der Waals surface area (Å²) in [4.78, 5) is 2.32. The van der Waals surface area contributed by atoms with Gasteiger partial charge in [-0.3, -0.25) is 0 Å². The van der Waals surface area contributed by atoms with E-state index in [2.05, 4.69) is 23.1 Å². The summed E-state index contributed by atoms with van der Waals surface area (Å²) in [5.74, 6) is 0.750. The lowest BCUT2D eigenvalue weighted by Crippen LogP contribution is -2.51. The second-order valence-electron chi connectivity index (χ2n) is 8.89. The Labute approximate surface area is 177 Å². The Kier molecular flexibility index (Phi) is 5.07. The predicted octanol–water partition coefficient (Wildman–Crippen LogP) is 4.21. The molecule has 3 aliphatic rings. The van der Waals surface area contributed by atoms with Gasteiger partial charge in [-0.15, -0.1) is 0 Å². The van der Waals surface area contributed by atoms with Gasteiger partial charge in [0, 0.05) is 36.6 Å². The molecule has 1 aliphatic carbocycles. The van der Waals surface area contributed by atoms with Crippen LogP contribution in [-0.2, 0) is 12.8 Å². The van der Waals surface area contributed by atoms with Crippen molar-refractivity contribution in [3.05, 3.63) is 63.7 Å². The van der Waals surface area contributed by atoms with Gasteiger partial charge in [0.25, 0.3) is 0 Å². The van der Waals surface area contributed by atoms with E-state index in [-0.39, 0.29) is 5.60 Å². The van der Waals surface area contributed by atoms with Crippen molar-refractivity contribution in [1.82, 2.24) is 4.90 Å². The largest absolute Gasteiger partial charge is 0.487 e. The number of rotatable bonds is 3.